The molecule has 222 valence electrons. The lowest BCUT2D eigenvalue weighted by molar-refractivity contribution is -0.228. The standard InChI is InChI=1S/C32H41NO8/c1-18-11-10-14-23-28(41-21(4)35)31(6,39)19(2)26-24(17-22-12-8-7-9-13-22)33-29(37)32(23,26)25(40-20(3)34)15-16-30(5,38)27(18)36/h7-10,12-16,18-19,23-26,28,38-39H,11,17H2,1-6H3,(H,33,37)/b14-10-,16-15-/t18-,19-,23-,24-,25+,26-,28-,30+,31+,32+/m0/s1. The van der Waals surface area contributed by atoms with Gasteiger partial charge in [-0.1, -0.05) is 56.3 Å². The van der Waals surface area contributed by atoms with Crippen LogP contribution in [0.1, 0.15) is 53.5 Å². The molecule has 1 aromatic carbocycles. The highest BCUT2D eigenvalue weighted by atomic mass is 16.6. The molecular weight excluding hydrogens is 526 g/mol. The average molecular weight is 568 g/mol. The topological polar surface area (TPSA) is 139 Å². The SMILES string of the molecule is CC(=O)O[C@H]1[C@@H]2/C=C\C[C@H](C)C(=O)[C@](C)(O)/C=C\[C@@H](OC(C)=O)[C@]23C(=O)N[C@@H](Cc2ccccc2)[C@@H]3[C@H](C)[C@@]1(C)O. The van der Waals surface area contributed by atoms with Crippen LogP contribution in [0.5, 0.6) is 0 Å². The minimum absolute atomic E-state index is 0.234. The van der Waals surface area contributed by atoms with E-state index in [2.05, 4.69) is 5.32 Å². The molecule has 0 bridgehead atoms. The number of aliphatic hydroxyl groups is 2. The molecule has 1 aliphatic heterocycles. The number of ether oxygens (including phenoxy) is 2. The maximum atomic E-state index is 14.5. The van der Waals surface area contributed by atoms with Gasteiger partial charge in [0.25, 0.3) is 0 Å². The van der Waals surface area contributed by atoms with Crippen LogP contribution in [0, 0.1) is 29.1 Å². The van der Waals surface area contributed by atoms with Crippen LogP contribution in [0.15, 0.2) is 54.6 Å². The predicted octanol–water partition coefficient (Wildman–Crippen LogP) is 2.68. The van der Waals surface area contributed by atoms with Crippen LogP contribution in [0.25, 0.3) is 0 Å². The van der Waals surface area contributed by atoms with E-state index in [1.807, 2.05) is 37.3 Å². The van der Waals surface area contributed by atoms with Gasteiger partial charge in [0, 0.05) is 37.6 Å². The highest BCUT2D eigenvalue weighted by Crippen LogP contribution is 2.60. The maximum absolute atomic E-state index is 14.5. The van der Waals surface area contributed by atoms with Crippen molar-refractivity contribution in [2.24, 2.45) is 29.1 Å². The van der Waals surface area contributed by atoms with Gasteiger partial charge in [-0.05, 0) is 50.3 Å². The first-order valence-corrected chi connectivity index (χ1v) is 14.2. The minimum Gasteiger partial charge on any atom is -0.459 e. The number of carbonyl (C=O) groups excluding carboxylic acids is 4. The molecule has 1 saturated carbocycles. The third kappa shape index (κ3) is 5.37. The number of benzene rings is 1. The van der Waals surface area contributed by atoms with E-state index in [0.29, 0.717) is 6.42 Å². The van der Waals surface area contributed by atoms with Crippen LogP contribution >= 0.6 is 0 Å². The second-order valence-electron chi connectivity index (χ2n) is 12.3. The van der Waals surface area contributed by atoms with E-state index in [1.165, 1.54) is 32.9 Å². The maximum Gasteiger partial charge on any atom is 0.303 e. The fraction of sp³-hybridized carbons (Fsp3) is 0.562. The van der Waals surface area contributed by atoms with Gasteiger partial charge in [-0.3, -0.25) is 19.2 Å². The summed E-state index contributed by atoms with van der Waals surface area (Å²) in [6.07, 6.45) is 4.36. The number of carbonyl (C=O) groups is 4. The van der Waals surface area contributed by atoms with Gasteiger partial charge in [-0.15, -0.1) is 0 Å². The van der Waals surface area contributed by atoms with Gasteiger partial charge < -0.3 is 25.0 Å². The zero-order valence-corrected chi connectivity index (χ0v) is 24.5. The van der Waals surface area contributed by atoms with Crippen LogP contribution in [0.4, 0.5) is 0 Å². The molecule has 10 atom stereocenters. The summed E-state index contributed by atoms with van der Waals surface area (Å²) < 4.78 is 11.7. The number of allylic oxidation sites excluding steroid dienone is 1. The molecular formula is C32H41NO8. The van der Waals surface area contributed by atoms with E-state index in [-0.39, 0.29) is 6.42 Å². The summed E-state index contributed by atoms with van der Waals surface area (Å²) in [4.78, 5) is 52.5. The van der Waals surface area contributed by atoms with Crippen molar-refractivity contribution in [2.45, 2.75) is 83.8 Å². The Morgan fingerprint density at radius 2 is 1.63 bits per heavy atom. The van der Waals surface area contributed by atoms with E-state index in [1.54, 1.807) is 26.0 Å². The lowest BCUT2D eigenvalue weighted by Crippen LogP contribution is -2.69. The Labute approximate surface area is 241 Å². The Morgan fingerprint density at radius 3 is 2.24 bits per heavy atom. The fourth-order valence-corrected chi connectivity index (χ4v) is 7.29. The van der Waals surface area contributed by atoms with Crippen molar-refractivity contribution in [1.82, 2.24) is 5.32 Å². The van der Waals surface area contributed by atoms with Crippen molar-refractivity contribution in [3.8, 4) is 0 Å². The van der Waals surface area contributed by atoms with Crippen LogP contribution in [-0.4, -0.2) is 63.3 Å². The molecule has 9 heteroatoms. The largest absolute Gasteiger partial charge is 0.459 e. The fourth-order valence-electron chi connectivity index (χ4n) is 7.29. The first kappa shape index (κ1) is 30.7. The van der Waals surface area contributed by atoms with Gasteiger partial charge >= 0.3 is 11.9 Å². The molecule has 4 rings (SSSR count). The van der Waals surface area contributed by atoms with Crippen molar-refractivity contribution in [2.75, 3.05) is 0 Å². The minimum atomic E-state index is -1.89. The van der Waals surface area contributed by atoms with E-state index in [4.69, 9.17) is 9.47 Å². The number of nitrogens with one attached hydrogen (secondary N) is 1. The summed E-state index contributed by atoms with van der Waals surface area (Å²) in [5.74, 6) is -4.92. The van der Waals surface area contributed by atoms with Crippen molar-refractivity contribution >= 4 is 23.6 Å². The average Bonchev–Trinajstić information content (AvgIpc) is 3.17. The number of ketones is 1. The summed E-state index contributed by atoms with van der Waals surface area (Å²) >= 11 is 0. The van der Waals surface area contributed by atoms with Crippen LogP contribution in [0.2, 0.25) is 0 Å². The van der Waals surface area contributed by atoms with E-state index < -0.39 is 82.2 Å². The van der Waals surface area contributed by atoms with E-state index in [0.717, 1.165) is 5.56 Å². The van der Waals surface area contributed by atoms with Crippen molar-refractivity contribution in [1.29, 1.82) is 0 Å². The molecule has 0 aromatic heterocycles. The number of Topliss-reactive ketones (excluding diaryl/α,β-unsaturated/α-hetero) is 1. The predicted molar refractivity (Wildman–Crippen MR) is 150 cm³/mol. The first-order chi connectivity index (χ1) is 19.1. The third-order valence-corrected chi connectivity index (χ3v) is 9.34. The van der Waals surface area contributed by atoms with Crippen molar-refractivity contribution in [3.63, 3.8) is 0 Å². The molecule has 1 amide bonds. The molecule has 1 aromatic rings. The smallest absolute Gasteiger partial charge is 0.303 e. The van der Waals surface area contributed by atoms with Gasteiger partial charge in [0.2, 0.25) is 5.91 Å². The summed E-state index contributed by atoms with van der Waals surface area (Å²) in [6, 6.07) is 9.14. The quantitative estimate of drug-likeness (QED) is 0.373. The van der Waals surface area contributed by atoms with Crippen LogP contribution < -0.4 is 5.32 Å². The van der Waals surface area contributed by atoms with Gasteiger partial charge in [0.1, 0.15) is 28.8 Å². The highest BCUT2D eigenvalue weighted by molar-refractivity contribution is 5.91. The second-order valence-corrected chi connectivity index (χ2v) is 12.3. The summed E-state index contributed by atoms with van der Waals surface area (Å²) in [5.41, 5.74) is -4.05. The molecule has 0 unspecified atom stereocenters. The molecule has 41 heavy (non-hydrogen) atoms. The van der Waals surface area contributed by atoms with Gasteiger partial charge in [0.15, 0.2) is 5.78 Å². The number of hydrogen-bond acceptors (Lipinski definition) is 8. The molecule has 0 radical (unpaired) electrons. The Balaban J connectivity index is 2.02. The Kier molecular flexibility index (Phi) is 8.35. The number of esters is 2. The van der Waals surface area contributed by atoms with Gasteiger partial charge in [0.05, 0.1) is 0 Å². The Bertz CT molecular complexity index is 1250. The monoisotopic (exact) mass is 567 g/mol. The molecule has 1 saturated heterocycles. The number of amides is 1. The molecule has 2 aliphatic carbocycles. The number of rotatable bonds is 4. The van der Waals surface area contributed by atoms with Gasteiger partial charge in [-0.25, -0.2) is 0 Å². The number of hydrogen-bond donors (Lipinski definition) is 3. The molecule has 9 nitrogen and oxygen atoms in total. The third-order valence-electron chi connectivity index (χ3n) is 9.34. The van der Waals surface area contributed by atoms with E-state index >= 15 is 0 Å². The Hall–Kier alpha value is -3.30. The first-order valence-electron chi connectivity index (χ1n) is 14.2. The summed E-state index contributed by atoms with van der Waals surface area (Å²) in [7, 11) is 0. The van der Waals surface area contributed by atoms with Crippen LogP contribution in [-0.2, 0) is 35.1 Å². The summed E-state index contributed by atoms with van der Waals surface area (Å²) in [6.45, 7) is 8.93. The molecule has 1 heterocycles. The lowest BCUT2D eigenvalue weighted by Gasteiger charge is -2.57. The van der Waals surface area contributed by atoms with Crippen molar-refractivity contribution in [3.05, 3.63) is 60.2 Å². The van der Waals surface area contributed by atoms with Gasteiger partial charge in [-0.2, -0.15) is 0 Å². The second kappa shape index (κ2) is 11.2. The highest BCUT2D eigenvalue weighted by Gasteiger charge is 2.73. The zero-order chi connectivity index (χ0) is 30.3. The molecule has 3 N–H and O–H groups in total. The molecule has 1 spiro atoms. The molecule has 3 aliphatic rings. The normalized spacial score (nSPS) is 42.1. The van der Waals surface area contributed by atoms with Crippen LogP contribution in [0.3, 0.4) is 0 Å². The van der Waals surface area contributed by atoms with Crippen molar-refractivity contribution < 1.29 is 38.9 Å². The summed E-state index contributed by atoms with van der Waals surface area (Å²) in [5, 5.41) is 26.3. The van der Waals surface area contributed by atoms with E-state index in [9.17, 15) is 29.4 Å². The molecule has 2 fully saturated rings. The zero-order valence-electron chi connectivity index (χ0n) is 24.5. The lowest BCUT2D eigenvalue weighted by atomic mass is 9.48. The Morgan fingerprint density at radius 1 is 1.00 bits per heavy atom.